The van der Waals surface area contributed by atoms with Gasteiger partial charge in [-0.1, -0.05) is 17.3 Å². The molecule has 1 heterocycles. The fraction of sp³-hybridized carbons (Fsp3) is 0.438. The van der Waals surface area contributed by atoms with Crippen LogP contribution in [0.1, 0.15) is 46.7 Å². The molecule has 0 aliphatic carbocycles. The van der Waals surface area contributed by atoms with E-state index in [1.54, 1.807) is 0 Å². The van der Waals surface area contributed by atoms with Crippen LogP contribution in [0.3, 0.4) is 0 Å². The van der Waals surface area contributed by atoms with Crippen LogP contribution in [0.25, 0.3) is 0 Å². The summed E-state index contributed by atoms with van der Waals surface area (Å²) in [5, 5.41) is 7.49. The first-order valence-electron chi connectivity index (χ1n) is 6.70. The second-order valence-corrected chi connectivity index (χ2v) is 5.32. The van der Waals surface area contributed by atoms with Gasteiger partial charge in [-0.05, 0) is 56.9 Å². The molecule has 1 unspecified atom stereocenters. The van der Waals surface area contributed by atoms with E-state index in [1.165, 1.54) is 22.3 Å². The molecule has 3 heteroatoms. The molecule has 0 saturated heterocycles. The minimum Gasteiger partial charge on any atom is -0.361 e. The van der Waals surface area contributed by atoms with E-state index in [4.69, 9.17) is 4.52 Å². The third-order valence-corrected chi connectivity index (χ3v) is 3.62. The van der Waals surface area contributed by atoms with Gasteiger partial charge in [-0.25, -0.2) is 0 Å². The average molecular weight is 258 g/mol. The highest BCUT2D eigenvalue weighted by molar-refractivity contribution is 5.38. The van der Waals surface area contributed by atoms with Gasteiger partial charge in [-0.2, -0.15) is 0 Å². The van der Waals surface area contributed by atoms with Gasteiger partial charge in [0.2, 0.25) is 0 Å². The van der Waals surface area contributed by atoms with Gasteiger partial charge < -0.3 is 9.84 Å². The average Bonchev–Trinajstić information content (AvgIpc) is 2.77. The largest absolute Gasteiger partial charge is 0.361 e. The van der Waals surface area contributed by atoms with Gasteiger partial charge in [0.1, 0.15) is 5.76 Å². The lowest BCUT2D eigenvalue weighted by Crippen LogP contribution is -2.19. The minimum atomic E-state index is 0.302. The molecule has 0 saturated carbocycles. The van der Waals surface area contributed by atoms with E-state index >= 15 is 0 Å². The molecule has 1 aromatic heterocycles. The van der Waals surface area contributed by atoms with E-state index in [-0.39, 0.29) is 0 Å². The predicted octanol–water partition coefficient (Wildman–Crippen LogP) is 3.76. The highest BCUT2D eigenvalue weighted by Gasteiger charge is 2.10. The lowest BCUT2D eigenvalue weighted by molar-refractivity contribution is 0.386. The molecule has 0 radical (unpaired) electrons. The summed E-state index contributed by atoms with van der Waals surface area (Å²) in [5.74, 6) is 0.854. The van der Waals surface area contributed by atoms with Crippen molar-refractivity contribution in [3.8, 4) is 0 Å². The van der Waals surface area contributed by atoms with E-state index < -0.39 is 0 Å². The van der Waals surface area contributed by atoms with Crippen LogP contribution in [-0.4, -0.2) is 5.16 Å². The summed E-state index contributed by atoms with van der Waals surface area (Å²) in [5.41, 5.74) is 6.32. The van der Waals surface area contributed by atoms with Crippen LogP contribution in [0.5, 0.6) is 0 Å². The fourth-order valence-corrected chi connectivity index (χ4v) is 2.32. The lowest BCUT2D eigenvalue weighted by atomic mass is 9.96. The Balaban J connectivity index is 2.07. The molecule has 2 aromatic rings. The molecule has 0 spiro atoms. The van der Waals surface area contributed by atoms with Crippen molar-refractivity contribution in [2.24, 2.45) is 0 Å². The number of rotatable bonds is 4. The van der Waals surface area contributed by atoms with Gasteiger partial charge in [0, 0.05) is 18.7 Å². The summed E-state index contributed by atoms with van der Waals surface area (Å²) in [7, 11) is 0. The lowest BCUT2D eigenvalue weighted by Gasteiger charge is -2.17. The van der Waals surface area contributed by atoms with E-state index in [0.29, 0.717) is 6.04 Å². The van der Waals surface area contributed by atoms with E-state index in [0.717, 1.165) is 18.0 Å². The molecule has 3 nitrogen and oxygen atoms in total. The number of aromatic nitrogens is 1. The molecule has 0 aliphatic heterocycles. The van der Waals surface area contributed by atoms with Crippen LogP contribution in [0, 0.1) is 27.7 Å². The highest BCUT2D eigenvalue weighted by Crippen LogP contribution is 2.21. The molecule has 19 heavy (non-hydrogen) atoms. The Kier molecular flexibility index (Phi) is 4.05. The summed E-state index contributed by atoms with van der Waals surface area (Å²) in [6, 6.07) is 6.79. The SMILES string of the molecule is Cc1cc(CNC(C)c2cc(C)c(C)cc2C)no1. The standard InChI is InChI=1S/C16H22N2O/c1-10-6-12(3)16(7-11(10)2)14(5)17-9-15-8-13(4)19-18-15/h6-8,14,17H,9H2,1-5H3. The van der Waals surface area contributed by atoms with Crippen molar-refractivity contribution in [2.45, 2.75) is 47.2 Å². The van der Waals surface area contributed by atoms with Gasteiger partial charge in [-0.15, -0.1) is 0 Å². The van der Waals surface area contributed by atoms with Crippen molar-refractivity contribution < 1.29 is 4.52 Å². The number of benzene rings is 1. The number of nitrogens with one attached hydrogen (secondary N) is 1. The Morgan fingerprint density at radius 1 is 1.05 bits per heavy atom. The molecule has 0 amide bonds. The van der Waals surface area contributed by atoms with Crippen molar-refractivity contribution in [3.05, 3.63) is 51.9 Å². The molecule has 2 rings (SSSR count). The Morgan fingerprint density at radius 2 is 1.74 bits per heavy atom. The van der Waals surface area contributed by atoms with Crippen LogP contribution in [0.4, 0.5) is 0 Å². The molecular formula is C16H22N2O. The molecule has 1 atom stereocenters. The topological polar surface area (TPSA) is 38.1 Å². The smallest absolute Gasteiger partial charge is 0.133 e. The molecule has 1 N–H and O–H groups in total. The van der Waals surface area contributed by atoms with Crippen LogP contribution >= 0.6 is 0 Å². The molecular weight excluding hydrogens is 236 g/mol. The number of aryl methyl sites for hydroxylation is 4. The van der Waals surface area contributed by atoms with Crippen LogP contribution < -0.4 is 5.32 Å². The van der Waals surface area contributed by atoms with Crippen LogP contribution in [-0.2, 0) is 6.54 Å². The number of hydrogen-bond acceptors (Lipinski definition) is 3. The first kappa shape index (κ1) is 13.8. The van der Waals surface area contributed by atoms with Gasteiger partial charge in [0.15, 0.2) is 0 Å². The van der Waals surface area contributed by atoms with E-state index in [9.17, 15) is 0 Å². The Bertz CT molecular complexity index is 572. The van der Waals surface area contributed by atoms with Crippen molar-refractivity contribution in [2.75, 3.05) is 0 Å². The van der Waals surface area contributed by atoms with Gasteiger partial charge in [0.05, 0.1) is 5.69 Å². The molecule has 0 bridgehead atoms. The molecule has 102 valence electrons. The molecule has 1 aromatic carbocycles. The minimum absolute atomic E-state index is 0.302. The van der Waals surface area contributed by atoms with Crippen molar-refractivity contribution in [3.63, 3.8) is 0 Å². The summed E-state index contributed by atoms with van der Waals surface area (Å²) < 4.78 is 5.07. The summed E-state index contributed by atoms with van der Waals surface area (Å²) in [6.07, 6.45) is 0. The Hall–Kier alpha value is -1.61. The van der Waals surface area contributed by atoms with Crippen LogP contribution in [0.15, 0.2) is 22.7 Å². The van der Waals surface area contributed by atoms with E-state index in [2.05, 4.69) is 50.3 Å². The predicted molar refractivity (Wildman–Crippen MR) is 77.1 cm³/mol. The van der Waals surface area contributed by atoms with E-state index in [1.807, 2.05) is 13.0 Å². The maximum absolute atomic E-state index is 5.07. The zero-order chi connectivity index (χ0) is 14.0. The first-order chi connectivity index (χ1) is 8.97. The third kappa shape index (κ3) is 3.24. The quantitative estimate of drug-likeness (QED) is 0.907. The van der Waals surface area contributed by atoms with Gasteiger partial charge in [0.25, 0.3) is 0 Å². The number of nitrogens with zero attached hydrogens (tertiary/aromatic N) is 1. The zero-order valence-electron chi connectivity index (χ0n) is 12.4. The van der Waals surface area contributed by atoms with Crippen LogP contribution in [0.2, 0.25) is 0 Å². The van der Waals surface area contributed by atoms with Crippen molar-refractivity contribution in [1.29, 1.82) is 0 Å². The second-order valence-electron chi connectivity index (χ2n) is 5.32. The van der Waals surface area contributed by atoms with Gasteiger partial charge >= 0.3 is 0 Å². The maximum Gasteiger partial charge on any atom is 0.133 e. The summed E-state index contributed by atoms with van der Waals surface area (Å²) >= 11 is 0. The van der Waals surface area contributed by atoms with Crippen molar-refractivity contribution in [1.82, 2.24) is 10.5 Å². The zero-order valence-corrected chi connectivity index (χ0v) is 12.4. The summed E-state index contributed by atoms with van der Waals surface area (Å²) in [4.78, 5) is 0. The Labute approximate surface area is 115 Å². The number of hydrogen-bond donors (Lipinski definition) is 1. The molecule has 0 aliphatic rings. The summed E-state index contributed by atoms with van der Waals surface area (Å²) in [6.45, 7) is 11.3. The second kappa shape index (κ2) is 5.57. The van der Waals surface area contributed by atoms with Gasteiger partial charge in [-0.3, -0.25) is 0 Å². The molecule has 0 fully saturated rings. The highest BCUT2D eigenvalue weighted by atomic mass is 16.5. The van der Waals surface area contributed by atoms with Crippen molar-refractivity contribution >= 4 is 0 Å². The fourth-order valence-electron chi connectivity index (χ4n) is 2.32. The maximum atomic E-state index is 5.07. The third-order valence-electron chi connectivity index (χ3n) is 3.62. The first-order valence-corrected chi connectivity index (χ1v) is 6.70. The normalized spacial score (nSPS) is 12.7. The monoisotopic (exact) mass is 258 g/mol. The Morgan fingerprint density at radius 3 is 2.37 bits per heavy atom.